The first-order valence-electron chi connectivity index (χ1n) is 9.92. The molecule has 0 fully saturated rings. The van der Waals surface area contributed by atoms with E-state index in [0.29, 0.717) is 11.5 Å². The van der Waals surface area contributed by atoms with Crippen LogP contribution in [0.1, 0.15) is 34.2 Å². The number of hydrogen-bond donors (Lipinski definition) is 2. The summed E-state index contributed by atoms with van der Waals surface area (Å²) in [5.74, 6) is -0.732. The van der Waals surface area contributed by atoms with Gasteiger partial charge in [-0.1, -0.05) is 52.3 Å². The van der Waals surface area contributed by atoms with Crippen LogP contribution in [0.25, 0.3) is 23.1 Å². The van der Waals surface area contributed by atoms with Crippen LogP contribution in [0.4, 0.5) is 0 Å². The predicted octanol–water partition coefficient (Wildman–Crippen LogP) is 6.58. The van der Waals surface area contributed by atoms with E-state index in [1.54, 1.807) is 0 Å². The predicted molar refractivity (Wildman–Crippen MR) is 137 cm³/mol. The second-order valence-corrected chi connectivity index (χ2v) is 10.6. The minimum absolute atomic E-state index is 0.0294. The second kappa shape index (κ2) is 12.1. The molecular weight excluding hydrogens is 510 g/mol. The zero-order chi connectivity index (χ0) is 22.9. The Kier molecular flexibility index (Phi) is 9.20. The lowest BCUT2D eigenvalue weighted by atomic mass is 10.1. The van der Waals surface area contributed by atoms with E-state index < -0.39 is 11.9 Å². The van der Waals surface area contributed by atoms with E-state index in [-0.39, 0.29) is 17.4 Å². The SMILES string of the molecule is O=C(O)CCSC(SCCC(=O)O)c1cccc(/C=C/c2ccc3ccc(Br)cc3n2)c1. The monoisotopic (exact) mass is 531 g/mol. The summed E-state index contributed by atoms with van der Waals surface area (Å²) in [6, 6.07) is 18.0. The fraction of sp³-hybridized carbons (Fsp3) is 0.208. The standard InChI is InChI=1S/C24H22BrNO4S2/c25-19-7-5-17-6-9-20(26-21(17)15-19)8-4-16-2-1-3-18(14-16)24(31-12-10-22(27)28)32-13-11-23(29)30/h1-9,14-15,24H,10-13H2,(H,27,28)(H,29,30)/b8-4+. The summed E-state index contributed by atoms with van der Waals surface area (Å²) in [6.45, 7) is 0. The average molecular weight is 532 g/mol. The third-order valence-corrected chi connectivity index (χ3v) is 7.81. The lowest BCUT2D eigenvalue weighted by Gasteiger charge is -2.16. The van der Waals surface area contributed by atoms with Gasteiger partial charge in [-0.3, -0.25) is 9.59 Å². The van der Waals surface area contributed by atoms with E-state index in [0.717, 1.165) is 32.2 Å². The molecule has 0 amide bonds. The maximum atomic E-state index is 10.9. The molecule has 5 nitrogen and oxygen atoms in total. The van der Waals surface area contributed by atoms with Gasteiger partial charge in [0.2, 0.25) is 0 Å². The van der Waals surface area contributed by atoms with Crippen LogP contribution in [0.2, 0.25) is 0 Å². The van der Waals surface area contributed by atoms with Gasteiger partial charge in [0.1, 0.15) is 0 Å². The van der Waals surface area contributed by atoms with E-state index in [1.165, 1.54) is 23.5 Å². The van der Waals surface area contributed by atoms with Crippen molar-refractivity contribution < 1.29 is 19.8 Å². The van der Waals surface area contributed by atoms with Crippen LogP contribution in [-0.2, 0) is 9.59 Å². The summed E-state index contributed by atoms with van der Waals surface area (Å²) in [4.78, 5) is 26.4. The molecule has 0 saturated carbocycles. The molecule has 0 atom stereocenters. The highest BCUT2D eigenvalue weighted by molar-refractivity contribution is 9.10. The van der Waals surface area contributed by atoms with E-state index in [4.69, 9.17) is 10.2 Å². The van der Waals surface area contributed by atoms with E-state index in [1.807, 2.05) is 60.7 Å². The summed E-state index contributed by atoms with van der Waals surface area (Å²) >= 11 is 6.54. The molecule has 3 aromatic rings. The molecule has 0 unspecified atom stereocenters. The topological polar surface area (TPSA) is 87.5 Å². The van der Waals surface area contributed by atoms with Gasteiger partial charge < -0.3 is 10.2 Å². The van der Waals surface area contributed by atoms with Crippen molar-refractivity contribution in [3.8, 4) is 0 Å². The Balaban J connectivity index is 1.75. The molecule has 1 heterocycles. The second-order valence-electron chi connectivity index (χ2n) is 6.94. The summed E-state index contributed by atoms with van der Waals surface area (Å²) in [6.07, 6.45) is 4.11. The van der Waals surface area contributed by atoms with Gasteiger partial charge in [-0.15, -0.1) is 23.5 Å². The van der Waals surface area contributed by atoms with E-state index in [2.05, 4.69) is 27.0 Å². The van der Waals surface area contributed by atoms with Crippen LogP contribution in [0.3, 0.4) is 0 Å². The van der Waals surface area contributed by atoms with Gasteiger partial charge in [0.15, 0.2) is 0 Å². The van der Waals surface area contributed by atoms with Gasteiger partial charge in [0, 0.05) is 21.4 Å². The third kappa shape index (κ3) is 7.69. The zero-order valence-electron chi connectivity index (χ0n) is 17.1. The Bertz CT molecular complexity index is 1120. The van der Waals surface area contributed by atoms with Crippen LogP contribution < -0.4 is 0 Å². The molecule has 2 N–H and O–H groups in total. The number of aliphatic carboxylic acids is 2. The van der Waals surface area contributed by atoms with Crippen LogP contribution in [0.5, 0.6) is 0 Å². The first kappa shape index (κ1) is 24.4. The molecule has 1 aromatic heterocycles. The highest BCUT2D eigenvalue weighted by atomic mass is 79.9. The molecule has 0 saturated heterocycles. The molecule has 0 radical (unpaired) electrons. The molecule has 166 valence electrons. The number of aromatic nitrogens is 1. The molecule has 8 heteroatoms. The Morgan fingerprint density at radius 3 is 2.31 bits per heavy atom. The quantitative estimate of drug-likeness (QED) is 0.270. The summed E-state index contributed by atoms with van der Waals surface area (Å²) < 4.78 is 0.955. The van der Waals surface area contributed by atoms with Gasteiger partial charge in [-0.2, -0.15) is 0 Å². The Morgan fingerprint density at radius 1 is 0.938 bits per heavy atom. The lowest BCUT2D eigenvalue weighted by Crippen LogP contribution is -2.01. The molecule has 0 aliphatic carbocycles. The fourth-order valence-electron chi connectivity index (χ4n) is 2.94. The highest BCUT2D eigenvalue weighted by Gasteiger charge is 2.14. The summed E-state index contributed by atoms with van der Waals surface area (Å²) in [5, 5.41) is 18.9. The Hall–Kier alpha value is -2.29. The van der Waals surface area contributed by atoms with Crippen molar-refractivity contribution in [2.45, 2.75) is 17.4 Å². The number of pyridine rings is 1. The Labute approximate surface area is 203 Å². The summed E-state index contributed by atoms with van der Waals surface area (Å²) in [5.41, 5.74) is 3.80. The number of fused-ring (bicyclic) bond motifs is 1. The minimum atomic E-state index is -0.835. The van der Waals surface area contributed by atoms with Crippen molar-refractivity contribution in [1.29, 1.82) is 0 Å². The number of carbonyl (C=O) groups is 2. The molecule has 0 aliphatic rings. The number of carboxylic acid groups (broad SMARTS) is 2. The number of carboxylic acids is 2. The number of nitrogens with zero attached hydrogens (tertiary/aromatic N) is 1. The molecule has 32 heavy (non-hydrogen) atoms. The van der Waals surface area contributed by atoms with Crippen molar-refractivity contribution in [3.05, 3.63) is 75.9 Å². The average Bonchev–Trinajstić information content (AvgIpc) is 2.76. The smallest absolute Gasteiger partial charge is 0.304 e. The van der Waals surface area contributed by atoms with Crippen molar-refractivity contribution in [2.24, 2.45) is 0 Å². The first-order valence-corrected chi connectivity index (χ1v) is 12.8. The van der Waals surface area contributed by atoms with E-state index >= 15 is 0 Å². The van der Waals surface area contributed by atoms with Crippen molar-refractivity contribution in [3.63, 3.8) is 0 Å². The van der Waals surface area contributed by atoms with Gasteiger partial charge in [0.05, 0.1) is 28.6 Å². The third-order valence-electron chi connectivity index (χ3n) is 4.48. The largest absolute Gasteiger partial charge is 0.481 e. The minimum Gasteiger partial charge on any atom is -0.481 e. The van der Waals surface area contributed by atoms with Crippen LogP contribution in [0, 0.1) is 0 Å². The summed E-state index contributed by atoms with van der Waals surface area (Å²) in [7, 11) is 0. The van der Waals surface area contributed by atoms with Gasteiger partial charge in [0.25, 0.3) is 0 Å². The number of rotatable bonds is 11. The van der Waals surface area contributed by atoms with Crippen molar-refractivity contribution >= 4 is 74.4 Å². The molecule has 3 rings (SSSR count). The van der Waals surface area contributed by atoms with Crippen molar-refractivity contribution in [1.82, 2.24) is 4.98 Å². The number of halogens is 1. The first-order chi connectivity index (χ1) is 15.4. The van der Waals surface area contributed by atoms with Crippen LogP contribution in [0.15, 0.2) is 59.1 Å². The van der Waals surface area contributed by atoms with Crippen LogP contribution in [-0.4, -0.2) is 38.6 Å². The molecular formula is C24H22BrNO4S2. The fourth-order valence-corrected chi connectivity index (χ4v) is 5.94. The molecule has 2 aromatic carbocycles. The van der Waals surface area contributed by atoms with Gasteiger partial charge in [-0.25, -0.2) is 4.98 Å². The zero-order valence-corrected chi connectivity index (χ0v) is 20.3. The van der Waals surface area contributed by atoms with Crippen molar-refractivity contribution in [2.75, 3.05) is 11.5 Å². The molecule has 0 bridgehead atoms. The van der Waals surface area contributed by atoms with Crippen LogP contribution >= 0.6 is 39.5 Å². The molecule has 0 aliphatic heterocycles. The maximum Gasteiger partial charge on any atom is 0.304 e. The highest BCUT2D eigenvalue weighted by Crippen LogP contribution is 2.40. The van der Waals surface area contributed by atoms with E-state index in [9.17, 15) is 9.59 Å². The maximum absolute atomic E-state index is 10.9. The molecule has 0 spiro atoms. The lowest BCUT2D eigenvalue weighted by molar-refractivity contribution is -0.137. The Morgan fingerprint density at radius 2 is 1.62 bits per heavy atom. The normalized spacial score (nSPS) is 11.4. The number of benzene rings is 2. The van der Waals surface area contributed by atoms with Gasteiger partial charge >= 0.3 is 11.9 Å². The van der Waals surface area contributed by atoms with Gasteiger partial charge in [-0.05, 0) is 41.5 Å². The number of thioether (sulfide) groups is 2. The number of hydrogen-bond acceptors (Lipinski definition) is 5.